The molecule has 21 heavy (non-hydrogen) atoms. The quantitative estimate of drug-likeness (QED) is 0.830. The van der Waals surface area contributed by atoms with Crippen LogP contribution in [0.15, 0.2) is 12.1 Å². The molecule has 3 heteroatoms. The molecular weight excluding hydrogens is 262 g/mol. The molecule has 1 N–H and O–H groups in total. The van der Waals surface area contributed by atoms with Crippen LogP contribution in [0.5, 0.6) is 11.5 Å². The first-order valence-electron chi connectivity index (χ1n) is 8.39. The van der Waals surface area contributed by atoms with E-state index in [1.165, 1.54) is 30.4 Å². The molecule has 3 unspecified atom stereocenters. The second-order valence-corrected chi connectivity index (χ2v) is 6.41. The van der Waals surface area contributed by atoms with Gasteiger partial charge in [0.15, 0.2) is 0 Å². The number of nitrogens with one attached hydrogen (secondary N) is 1. The van der Waals surface area contributed by atoms with Crippen molar-refractivity contribution in [1.29, 1.82) is 0 Å². The Labute approximate surface area is 128 Å². The predicted molar refractivity (Wildman–Crippen MR) is 85.0 cm³/mol. The average Bonchev–Trinajstić information content (AvgIpc) is 3.08. The molecule has 1 saturated carbocycles. The van der Waals surface area contributed by atoms with Gasteiger partial charge in [0.25, 0.3) is 0 Å². The first kappa shape index (κ1) is 14.7. The third-order valence-corrected chi connectivity index (χ3v) is 4.52. The molecule has 1 fully saturated rings. The number of fused-ring (bicyclic) bond motifs is 1. The number of benzene rings is 1. The van der Waals surface area contributed by atoms with Crippen LogP contribution in [0.4, 0.5) is 0 Å². The summed E-state index contributed by atoms with van der Waals surface area (Å²) in [5, 5.41) is 3.67. The normalized spacial score (nSPS) is 26.3. The minimum atomic E-state index is 0.287. The van der Waals surface area contributed by atoms with E-state index in [4.69, 9.17) is 9.47 Å². The lowest BCUT2D eigenvalue weighted by atomic mass is 10.1. The summed E-state index contributed by atoms with van der Waals surface area (Å²) < 4.78 is 11.7. The van der Waals surface area contributed by atoms with Gasteiger partial charge in [0, 0.05) is 30.1 Å². The molecule has 1 aromatic rings. The molecule has 3 nitrogen and oxygen atoms in total. The van der Waals surface area contributed by atoms with Crippen LogP contribution in [0.1, 0.15) is 51.2 Å². The first-order valence-corrected chi connectivity index (χ1v) is 8.39. The van der Waals surface area contributed by atoms with Gasteiger partial charge < -0.3 is 14.8 Å². The van der Waals surface area contributed by atoms with Gasteiger partial charge >= 0.3 is 0 Å². The molecule has 0 saturated heterocycles. The lowest BCUT2D eigenvalue weighted by Gasteiger charge is -2.13. The van der Waals surface area contributed by atoms with E-state index in [0.717, 1.165) is 30.4 Å². The molecule has 0 amide bonds. The van der Waals surface area contributed by atoms with Crippen molar-refractivity contribution in [2.45, 2.75) is 65.1 Å². The molecule has 0 bridgehead atoms. The van der Waals surface area contributed by atoms with Crippen molar-refractivity contribution in [3.63, 3.8) is 0 Å². The van der Waals surface area contributed by atoms with Gasteiger partial charge in [-0.15, -0.1) is 0 Å². The van der Waals surface area contributed by atoms with Crippen molar-refractivity contribution in [3.05, 3.63) is 23.3 Å². The maximum Gasteiger partial charge on any atom is 0.124 e. The number of hydrogen-bond donors (Lipinski definition) is 1. The minimum Gasteiger partial charge on any atom is -0.494 e. The molecular formula is C18H27NO2. The molecule has 3 atom stereocenters. The Hall–Kier alpha value is -1.22. The molecule has 0 aromatic heterocycles. The van der Waals surface area contributed by atoms with Crippen LogP contribution in [0, 0.1) is 5.92 Å². The molecule has 0 radical (unpaired) electrons. The second-order valence-electron chi connectivity index (χ2n) is 6.41. The van der Waals surface area contributed by atoms with Gasteiger partial charge in [-0.2, -0.15) is 0 Å². The Balaban J connectivity index is 1.67. The van der Waals surface area contributed by atoms with Crippen molar-refractivity contribution in [1.82, 2.24) is 5.32 Å². The lowest BCUT2D eigenvalue weighted by Crippen LogP contribution is -2.18. The van der Waals surface area contributed by atoms with Gasteiger partial charge in [-0.05, 0) is 44.7 Å². The Morgan fingerprint density at radius 2 is 2.19 bits per heavy atom. The molecule has 1 aliphatic heterocycles. The molecule has 1 aliphatic carbocycles. The maximum atomic E-state index is 5.88. The fourth-order valence-electron chi connectivity index (χ4n) is 3.34. The van der Waals surface area contributed by atoms with Crippen molar-refractivity contribution < 1.29 is 9.47 Å². The van der Waals surface area contributed by atoms with Gasteiger partial charge in [0.05, 0.1) is 6.61 Å². The highest BCUT2D eigenvalue weighted by molar-refractivity contribution is 5.48. The Kier molecular flexibility index (Phi) is 4.39. The SMILES string of the molecule is CCCC1CC1NCc1cc2c(cc1OCC)CC(C)O2. The molecule has 1 aromatic carbocycles. The maximum absolute atomic E-state index is 5.88. The Morgan fingerprint density at radius 1 is 1.33 bits per heavy atom. The third kappa shape index (κ3) is 3.34. The standard InChI is InChI=1S/C18H27NO2/c1-4-6-13-8-16(13)19-11-15-10-18-14(7-12(3)21-18)9-17(15)20-5-2/h9-10,12-13,16,19H,4-8,11H2,1-3H3. The molecule has 2 aliphatic rings. The van der Waals surface area contributed by atoms with Crippen LogP contribution in [-0.2, 0) is 13.0 Å². The van der Waals surface area contributed by atoms with Crippen LogP contribution >= 0.6 is 0 Å². The summed E-state index contributed by atoms with van der Waals surface area (Å²) >= 11 is 0. The molecule has 0 spiro atoms. The van der Waals surface area contributed by atoms with E-state index in [0.29, 0.717) is 12.6 Å². The summed E-state index contributed by atoms with van der Waals surface area (Å²) in [5.74, 6) is 2.95. The fourth-order valence-corrected chi connectivity index (χ4v) is 3.34. The Morgan fingerprint density at radius 3 is 2.95 bits per heavy atom. The highest BCUT2D eigenvalue weighted by atomic mass is 16.5. The number of ether oxygens (including phenoxy) is 2. The molecule has 3 rings (SSSR count). The summed E-state index contributed by atoms with van der Waals surface area (Å²) in [6.45, 7) is 8.02. The summed E-state index contributed by atoms with van der Waals surface area (Å²) in [6.07, 6.45) is 5.24. The van der Waals surface area contributed by atoms with Crippen LogP contribution < -0.4 is 14.8 Å². The van der Waals surface area contributed by atoms with Crippen LogP contribution in [0.25, 0.3) is 0 Å². The number of rotatable bonds is 7. The first-order chi connectivity index (χ1) is 10.2. The van der Waals surface area contributed by atoms with E-state index in [2.05, 4.69) is 31.3 Å². The van der Waals surface area contributed by atoms with Crippen molar-refractivity contribution in [2.24, 2.45) is 5.92 Å². The van der Waals surface area contributed by atoms with E-state index >= 15 is 0 Å². The van der Waals surface area contributed by atoms with E-state index in [-0.39, 0.29) is 6.10 Å². The summed E-state index contributed by atoms with van der Waals surface area (Å²) in [4.78, 5) is 0. The van der Waals surface area contributed by atoms with Crippen molar-refractivity contribution >= 4 is 0 Å². The lowest BCUT2D eigenvalue weighted by molar-refractivity contribution is 0.254. The predicted octanol–water partition coefficient (Wildman–Crippen LogP) is 3.69. The van der Waals surface area contributed by atoms with Crippen molar-refractivity contribution in [2.75, 3.05) is 6.61 Å². The highest BCUT2D eigenvalue weighted by Gasteiger charge is 2.35. The van der Waals surface area contributed by atoms with Crippen LogP contribution in [0.3, 0.4) is 0 Å². The zero-order valence-corrected chi connectivity index (χ0v) is 13.4. The second kappa shape index (κ2) is 6.27. The fraction of sp³-hybridized carbons (Fsp3) is 0.667. The van der Waals surface area contributed by atoms with Crippen LogP contribution in [0.2, 0.25) is 0 Å². The summed E-state index contributed by atoms with van der Waals surface area (Å²) in [5.41, 5.74) is 2.51. The average molecular weight is 289 g/mol. The van der Waals surface area contributed by atoms with Gasteiger partial charge in [-0.1, -0.05) is 13.3 Å². The van der Waals surface area contributed by atoms with Gasteiger partial charge in [0.1, 0.15) is 17.6 Å². The highest BCUT2D eigenvalue weighted by Crippen LogP contribution is 2.37. The van der Waals surface area contributed by atoms with Gasteiger partial charge in [-0.25, -0.2) is 0 Å². The van der Waals surface area contributed by atoms with Crippen molar-refractivity contribution in [3.8, 4) is 11.5 Å². The molecule has 1 heterocycles. The monoisotopic (exact) mass is 289 g/mol. The van der Waals surface area contributed by atoms with E-state index < -0.39 is 0 Å². The third-order valence-electron chi connectivity index (χ3n) is 4.52. The van der Waals surface area contributed by atoms with E-state index in [1.54, 1.807) is 0 Å². The summed E-state index contributed by atoms with van der Waals surface area (Å²) in [6, 6.07) is 5.05. The largest absolute Gasteiger partial charge is 0.494 e. The van der Waals surface area contributed by atoms with E-state index in [9.17, 15) is 0 Å². The number of hydrogen-bond acceptors (Lipinski definition) is 3. The Bertz CT molecular complexity index is 500. The minimum absolute atomic E-state index is 0.287. The van der Waals surface area contributed by atoms with Crippen LogP contribution in [-0.4, -0.2) is 18.8 Å². The topological polar surface area (TPSA) is 30.5 Å². The molecule has 116 valence electrons. The van der Waals surface area contributed by atoms with Gasteiger partial charge in [0.2, 0.25) is 0 Å². The summed E-state index contributed by atoms with van der Waals surface area (Å²) in [7, 11) is 0. The smallest absolute Gasteiger partial charge is 0.124 e. The van der Waals surface area contributed by atoms with Gasteiger partial charge in [-0.3, -0.25) is 0 Å². The zero-order chi connectivity index (χ0) is 14.8. The zero-order valence-electron chi connectivity index (χ0n) is 13.4. The van der Waals surface area contributed by atoms with E-state index in [1.807, 2.05) is 6.92 Å².